The molecule has 2 aliphatic heterocycles. The summed E-state index contributed by atoms with van der Waals surface area (Å²) in [6.45, 7) is 3.46. The van der Waals surface area contributed by atoms with E-state index in [1.165, 1.54) is 24.3 Å². The molecule has 8 heteroatoms. The number of carbonyl (C=O) groups is 3. The van der Waals surface area contributed by atoms with E-state index in [0.29, 0.717) is 24.6 Å². The van der Waals surface area contributed by atoms with Crippen molar-refractivity contribution in [3.63, 3.8) is 0 Å². The van der Waals surface area contributed by atoms with E-state index in [1.807, 2.05) is 7.05 Å². The van der Waals surface area contributed by atoms with Crippen LogP contribution in [0.2, 0.25) is 0 Å². The van der Waals surface area contributed by atoms with Gasteiger partial charge in [0, 0.05) is 13.1 Å². The zero-order valence-corrected chi connectivity index (χ0v) is 15.6. The van der Waals surface area contributed by atoms with Crippen molar-refractivity contribution in [2.24, 2.45) is 5.92 Å². The Balaban J connectivity index is 1.65. The van der Waals surface area contributed by atoms with Crippen molar-refractivity contribution in [1.29, 1.82) is 0 Å². The lowest BCUT2D eigenvalue weighted by Crippen LogP contribution is -2.47. The quantitative estimate of drug-likeness (QED) is 0.753. The van der Waals surface area contributed by atoms with Gasteiger partial charge < -0.3 is 15.5 Å². The van der Waals surface area contributed by atoms with Crippen LogP contribution in [0.25, 0.3) is 0 Å². The maximum Gasteiger partial charge on any atom is 0.325 e. The van der Waals surface area contributed by atoms with Gasteiger partial charge in [0.05, 0.1) is 0 Å². The zero-order chi connectivity index (χ0) is 19.6. The maximum absolute atomic E-state index is 13.2. The van der Waals surface area contributed by atoms with E-state index in [2.05, 4.69) is 10.6 Å². The van der Waals surface area contributed by atoms with Crippen LogP contribution >= 0.6 is 0 Å². The van der Waals surface area contributed by atoms with E-state index in [1.54, 1.807) is 11.8 Å². The number of hydrogen-bond acceptors (Lipinski definition) is 4. The highest BCUT2D eigenvalue weighted by Gasteiger charge is 2.49. The average Bonchev–Trinajstić information content (AvgIpc) is 2.87. The van der Waals surface area contributed by atoms with Gasteiger partial charge in [0.25, 0.3) is 5.91 Å². The Kier molecular flexibility index (Phi) is 5.46. The molecule has 1 unspecified atom stereocenters. The fourth-order valence-corrected chi connectivity index (χ4v) is 3.73. The van der Waals surface area contributed by atoms with Crippen LogP contribution in [0.3, 0.4) is 0 Å². The molecule has 4 amide bonds. The van der Waals surface area contributed by atoms with Gasteiger partial charge >= 0.3 is 6.03 Å². The Labute approximate surface area is 157 Å². The van der Waals surface area contributed by atoms with E-state index >= 15 is 0 Å². The van der Waals surface area contributed by atoms with Crippen LogP contribution in [0.1, 0.15) is 25.3 Å². The van der Waals surface area contributed by atoms with Gasteiger partial charge in [-0.1, -0.05) is 12.1 Å². The van der Waals surface area contributed by atoms with Gasteiger partial charge in [-0.25, -0.2) is 9.18 Å². The number of nitrogens with one attached hydrogen (secondary N) is 2. The second-order valence-electron chi connectivity index (χ2n) is 7.34. The zero-order valence-electron chi connectivity index (χ0n) is 15.6. The number of carbonyl (C=O) groups excluding carboxylic acids is 3. The molecule has 0 saturated carbocycles. The molecule has 0 spiro atoms. The van der Waals surface area contributed by atoms with Crippen molar-refractivity contribution in [1.82, 2.24) is 20.4 Å². The number of rotatable bonds is 5. The molecule has 2 fully saturated rings. The monoisotopic (exact) mass is 376 g/mol. The van der Waals surface area contributed by atoms with Crippen LogP contribution in [0, 0.1) is 11.7 Å². The highest BCUT2D eigenvalue weighted by atomic mass is 19.1. The molecule has 2 heterocycles. The summed E-state index contributed by atoms with van der Waals surface area (Å²) < 4.78 is 13.2. The van der Waals surface area contributed by atoms with Gasteiger partial charge in [-0.15, -0.1) is 0 Å². The standard InChI is InChI=1S/C19H25FN4O3/c1-19(14-3-5-15(20)6-4-14)17(26)24(18(27)22-19)12-16(25)23-9-7-13(8-10-23)11-21-2/h3-6,13,21H,7-12H2,1-2H3,(H,22,27). The number of urea groups is 1. The molecule has 0 bridgehead atoms. The van der Waals surface area contributed by atoms with Crippen LogP contribution in [-0.4, -0.2) is 60.9 Å². The van der Waals surface area contributed by atoms with Crippen LogP contribution in [-0.2, 0) is 15.1 Å². The fourth-order valence-electron chi connectivity index (χ4n) is 3.73. The first-order valence-corrected chi connectivity index (χ1v) is 9.17. The molecule has 2 aliphatic rings. The van der Waals surface area contributed by atoms with Crippen molar-refractivity contribution >= 4 is 17.8 Å². The number of amides is 4. The third kappa shape index (κ3) is 3.80. The molecule has 1 aromatic rings. The van der Waals surface area contributed by atoms with Crippen LogP contribution < -0.4 is 10.6 Å². The van der Waals surface area contributed by atoms with E-state index in [9.17, 15) is 18.8 Å². The minimum atomic E-state index is -1.30. The number of hydrogen-bond donors (Lipinski definition) is 2. The number of halogens is 1. The molecule has 7 nitrogen and oxygen atoms in total. The molecule has 0 aliphatic carbocycles. The van der Waals surface area contributed by atoms with E-state index in [4.69, 9.17) is 0 Å². The predicted octanol–water partition coefficient (Wildman–Crippen LogP) is 1.05. The third-order valence-corrected chi connectivity index (χ3v) is 5.45. The Morgan fingerprint density at radius 3 is 2.48 bits per heavy atom. The van der Waals surface area contributed by atoms with Crippen molar-refractivity contribution in [2.75, 3.05) is 33.2 Å². The summed E-state index contributed by atoms with van der Waals surface area (Å²) in [6.07, 6.45) is 1.81. The van der Waals surface area contributed by atoms with Gasteiger partial charge in [0.1, 0.15) is 17.9 Å². The molecule has 3 rings (SSSR count). The lowest BCUT2D eigenvalue weighted by Gasteiger charge is -2.32. The fraction of sp³-hybridized carbons (Fsp3) is 0.526. The van der Waals surface area contributed by atoms with Crippen molar-refractivity contribution in [2.45, 2.75) is 25.3 Å². The number of benzene rings is 1. The van der Waals surface area contributed by atoms with Crippen LogP contribution in [0.15, 0.2) is 24.3 Å². The second kappa shape index (κ2) is 7.64. The van der Waals surface area contributed by atoms with E-state index in [0.717, 1.165) is 24.3 Å². The van der Waals surface area contributed by atoms with Crippen LogP contribution in [0.5, 0.6) is 0 Å². The number of imide groups is 1. The van der Waals surface area contributed by atoms with Gasteiger partial charge in [-0.2, -0.15) is 0 Å². The molecule has 1 aromatic carbocycles. The van der Waals surface area contributed by atoms with Crippen LogP contribution in [0.4, 0.5) is 9.18 Å². The predicted molar refractivity (Wildman–Crippen MR) is 97.2 cm³/mol. The summed E-state index contributed by atoms with van der Waals surface area (Å²) in [5, 5.41) is 5.78. The highest BCUT2D eigenvalue weighted by Crippen LogP contribution is 2.29. The maximum atomic E-state index is 13.2. The number of nitrogens with zero attached hydrogens (tertiary/aromatic N) is 2. The number of likely N-dealkylation sites (tertiary alicyclic amines) is 1. The minimum Gasteiger partial charge on any atom is -0.341 e. The Morgan fingerprint density at radius 1 is 1.26 bits per heavy atom. The van der Waals surface area contributed by atoms with Crippen molar-refractivity contribution in [3.8, 4) is 0 Å². The lowest BCUT2D eigenvalue weighted by molar-refractivity contribution is -0.139. The van der Waals surface area contributed by atoms with Gasteiger partial charge in [0.15, 0.2) is 0 Å². The van der Waals surface area contributed by atoms with Gasteiger partial charge in [0.2, 0.25) is 5.91 Å². The molecule has 27 heavy (non-hydrogen) atoms. The molecule has 0 aromatic heterocycles. The largest absolute Gasteiger partial charge is 0.341 e. The third-order valence-electron chi connectivity index (χ3n) is 5.45. The molecule has 2 saturated heterocycles. The Morgan fingerprint density at radius 2 is 1.89 bits per heavy atom. The normalized spacial score (nSPS) is 23.7. The SMILES string of the molecule is CNCC1CCN(C(=O)CN2C(=O)NC(C)(c3ccc(F)cc3)C2=O)CC1. The summed E-state index contributed by atoms with van der Waals surface area (Å²) in [7, 11) is 1.91. The second-order valence-corrected chi connectivity index (χ2v) is 7.34. The molecule has 2 N–H and O–H groups in total. The summed E-state index contributed by atoms with van der Waals surface area (Å²) in [4.78, 5) is 40.4. The Bertz CT molecular complexity index is 731. The lowest BCUT2D eigenvalue weighted by atomic mass is 9.92. The van der Waals surface area contributed by atoms with Crippen molar-refractivity contribution < 1.29 is 18.8 Å². The van der Waals surface area contributed by atoms with Crippen molar-refractivity contribution in [3.05, 3.63) is 35.6 Å². The first-order valence-electron chi connectivity index (χ1n) is 9.17. The van der Waals surface area contributed by atoms with Gasteiger partial charge in [-0.05, 0) is 57.0 Å². The summed E-state index contributed by atoms with van der Waals surface area (Å²) in [5.41, 5.74) is -0.824. The molecular formula is C19H25FN4O3. The van der Waals surface area contributed by atoms with E-state index < -0.39 is 23.3 Å². The summed E-state index contributed by atoms with van der Waals surface area (Å²) in [6, 6.07) is 4.80. The first kappa shape index (κ1) is 19.3. The molecular weight excluding hydrogens is 351 g/mol. The Hall–Kier alpha value is -2.48. The average molecular weight is 376 g/mol. The molecule has 0 radical (unpaired) electrons. The number of piperidine rings is 1. The molecule has 146 valence electrons. The molecule has 1 atom stereocenters. The summed E-state index contributed by atoms with van der Waals surface area (Å²) >= 11 is 0. The summed E-state index contributed by atoms with van der Waals surface area (Å²) in [5.74, 6) is -0.618. The minimum absolute atomic E-state index is 0.232. The van der Waals surface area contributed by atoms with Gasteiger partial charge in [-0.3, -0.25) is 14.5 Å². The smallest absolute Gasteiger partial charge is 0.325 e. The van der Waals surface area contributed by atoms with E-state index in [-0.39, 0.29) is 12.5 Å². The topological polar surface area (TPSA) is 81.8 Å². The first-order chi connectivity index (χ1) is 12.8. The highest BCUT2D eigenvalue weighted by molar-refractivity contribution is 6.09.